The Labute approximate surface area is 305 Å². The quantitative estimate of drug-likeness (QED) is 0.0342. The number of hydrogen-bond acceptors (Lipinski definition) is 6. The number of benzene rings is 5. The summed E-state index contributed by atoms with van der Waals surface area (Å²) in [5, 5.41) is 18.5. The lowest BCUT2D eigenvalue weighted by Crippen LogP contribution is -2.09. The minimum atomic E-state index is -1.25. The Hall–Kier alpha value is -7.26. The van der Waals surface area contributed by atoms with Crippen LogP contribution in [0.1, 0.15) is 27.1 Å². The molecule has 1 N–H and O–H groups in total. The Balaban J connectivity index is 1.36. The highest BCUT2D eigenvalue weighted by Crippen LogP contribution is 2.38. The number of carboxylic acid groups (broad SMARTS) is 1. The van der Waals surface area contributed by atoms with E-state index >= 15 is 0 Å². The number of allylic oxidation sites excluding steroid dienone is 1. The van der Waals surface area contributed by atoms with Crippen LogP contribution in [0.25, 0.3) is 39.1 Å². The molecule has 0 aliphatic rings. The van der Waals surface area contributed by atoms with Gasteiger partial charge in [0.05, 0.1) is 6.57 Å². The van der Waals surface area contributed by atoms with Crippen molar-refractivity contribution in [2.45, 2.75) is 0 Å². The lowest BCUT2D eigenvalue weighted by molar-refractivity contribution is -0.132. The minimum absolute atomic E-state index is 0.107. The molecule has 0 fully saturated rings. The summed E-state index contributed by atoms with van der Waals surface area (Å²) in [5.41, 5.74) is 8.36. The van der Waals surface area contributed by atoms with Gasteiger partial charge in [0.15, 0.2) is 0 Å². The van der Waals surface area contributed by atoms with Crippen LogP contribution < -0.4 is 4.90 Å². The van der Waals surface area contributed by atoms with Gasteiger partial charge in [-0.3, -0.25) is 9.59 Å². The fourth-order valence-corrected chi connectivity index (χ4v) is 6.51. The van der Waals surface area contributed by atoms with E-state index in [1.807, 2.05) is 97.1 Å². The molecule has 0 saturated carbocycles. The molecule has 0 unspecified atom stereocenters. The van der Waals surface area contributed by atoms with E-state index in [0.717, 1.165) is 49.8 Å². The summed E-state index contributed by atoms with van der Waals surface area (Å²) in [7, 11) is 0. The molecular formula is C44H29N3O4S. The Morgan fingerprint density at radius 2 is 1.23 bits per heavy atom. The average Bonchev–Trinajstić information content (AvgIpc) is 3.66. The van der Waals surface area contributed by atoms with Crippen LogP contribution in [0.4, 0.5) is 17.1 Å². The second-order valence-electron chi connectivity index (χ2n) is 11.3. The van der Waals surface area contributed by atoms with Gasteiger partial charge in [0.1, 0.15) is 6.07 Å². The first-order chi connectivity index (χ1) is 25.4. The molecule has 1 heterocycles. The first-order valence-electron chi connectivity index (χ1n) is 16.0. The third-order valence-electron chi connectivity index (χ3n) is 8.02. The number of anilines is 3. The zero-order chi connectivity index (χ0) is 36.3. The normalized spacial score (nSPS) is 11.1. The Morgan fingerprint density at radius 1 is 0.712 bits per heavy atom. The molecule has 6 aromatic rings. The maximum Gasteiger partial charge on any atom is 0.333 e. The summed E-state index contributed by atoms with van der Waals surface area (Å²) in [5.74, 6) is -1.36. The second-order valence-corrected chi connectivity index (χ2v) is 12.5. The van der Waals surface area contributed by atoms with Gasteiger partial charge in [-0.15, -0.1) is 11.3 Å². The number of rotatable bonds is 12. The summed E-state index contributed by atoms with van der Waals surface area (Å²) >= 11 is 1.41. The molecule has 0 bridgehead atoms. The van der Waals surface area contributed by atoms with Gasteiger partial charge in [0, 0.05) is 26.8 Å². The molecule has 0 amide bonds. The van der Waals surface area contributed by atoms with Crippen molar-refractivity contribution in [3.63, 3.8) is 0 Å². The number of thiophene rings is 1. The number of nitrogens with zero attached hydrogens (tertiary/aromatic N) is 3. The molecule has 0 aliphatic heterocycles. The Bertz CT molecular complexity index is 2320. The summed E-state index contributed by atoms with van der Waals surface area (Å²) in [6, 6.07) is 50.1. The fraction of sp³-hybridized carbons (Fsp3) is 0. The van der Waals surface area contributed by atoms with E-state index in [1.165, 1.54) is 23.5 Å². The van der Waals surface area contributed by atoms with Crippen LogP contribution in [0.5, 0.6) is 0 Å². The van der Waals surface area contributed by atoms with Gasteiger partial charge < -0.3 is 14.7 Å². The molecular weight excluding hydrogens is 667 g/mol. The highest BCUT2D eigenvalue weighted by Gasteiger charge is 2.15. The number of aliphatic carboxylic acids is 1. The number of carboxylic acids is 1. The maximum absolute atomic E-state index is 11.3. The van der Waals surface area contributed by atoms with E-state index in [0.29, 0.717) is 10.4 Å². The van der Waals surface area contributed by atoms with E-state index in [9.17, 15) is 20.0 Å². The standard InChI is InChI=1S/C44H29N3O4S/c1-46-42(44(49)50)28-40-24-25-43(52-40)35-16-22-38(23-17-35)47(36-18-12-31(13-19-36)26-39(29-45)51-30-48)37-20-14-32(15-21-37)27-41(33-8-4-2-5-9-33)34-10-6-3-7-11-34/h2-28,30H,(H,49,50)/b39-26+,42-28-. The number of carbonyl (C=O) groups excluding carboxylic acids is 1. The zero-order valence-electron chi connectivity index (χ0n) is 27.6. The third-order valence-corrected chi connectivity index (χ3v) is 9.10. The number of nitriles is 1. The van der Waals surface area contributed by atoms with Crippen molar-refractivity contribution in [2.24, 2.45) is 0 Å². The highest BCUT2D eigenvalue weighted by molar-refractivity contribution is 7.16. The monoisotopic (exact) mass is 695 g/mol. The van der Waals surface area contributed by atoms with Crippen LogP contribution in [-0.4, -0.2) is 17.5 Å². The molecule has 8 heteroatoms. The van der Waals surface area contributed by atoms with Gasteiger partial charge in [-0.05, 0) is 100 Å². The first kappa shape index (κ1) is 34.6. The fourth-order valence-electron chi connectivity index (χ4n) is 5.55. The van der Waals surface area contributed by atoms with Crippen molar-refractivity contribution < 1.29 is 19.4 Å². The third kappa shape index (κ3) is 8.30. The van der Waals surface area contributed by atoms with E-state index in [1.54, 1.807) is 6.07 Å². The van der Waals surface area contributed by atoms with E-state index < -0.39 is 5.97 Å². The SMILES string of the molecule is [C-]#[N+]/C(=C\c1ccc(-c2ccc(N(c3ccc(C=C(c4ccccc4)c4ccccc4)cc3)c3ccc(/C=C(\C#N)OC=O)cc3)cc2)s1)C(=O)O. The van der Waals surface area contributed by atoms with Gasteiger partial charge in [0.25, 0.3) is 12.2 Å². The van der Waals surface area contributed by atoms with Crippen LogP contribution in [0.2, 0.25) is 0 Å². The van der Waals surface area contributed by atoms with E-state index in [2.05, 4.69) is 64.4 Å². The lowest BCUT2D eigenvalue weighted by Gasteiger charge is -2.26. The number of hydrogen-bond donors (Lipinski definition) is 1. The molecule has 0 atom stereocenters. The van der Waals surface area contributed by atoms with Crippen molar-refractivity contribution in [3.8, 4) is 16.5 Å². The van der Waals surface area contributed by atoms with Crippen molar-refractivity contribution in [2.75, 3.05) is 4.90 Å². The molecule has 0 radical (unpaired) electrons. The smallest absolute Gasteiger partial charge is 0.333 e. The molecule has 0 saturated heterocycles. The molecule has 250 valence electrons. The average molecular weight is 696 g/mol. The van der Waals surface area contributed by atoms with Crippen LogP contribution in [0.3, 0.4) is 0 Å². The molecule has 7 nitrogen and oxygen atoms in total. The van der Waals surface area contributed by atoms with Crippen molar-refractivity contribution >= 4 is 64.6 Å². The topological polar surface area (TPSA) is 95.0 Å². The second kappa shape index (κ2) is 16.4. The van der Waals surface area contributed by atoms with Crippen molar-refractivity contribution in [1.29, 1.82) is 5.26 Å². The summed E-state index contributed by atoms with van der Waals surface area (Å²) in [4.78, 5) is 28.9. The van der Waals surface area contributed by atoms with E-state index in [-0.39, 0.29) is 17.9 Å². The van der Waals surface area contributed by atoms with Crippen LogP contribution in [0.15, 0.2) is 157 Å². The van der Waals surface area contributed by atoms with Crippen LogP contribution in [0, 0.1) is 17.9 Å². The van der Waals surface area contributed by atoms with Gasteiger partial charge in [0.2, 0.25) is 5.76 Å². The van der Waals surface area contributed by atoms with Gasteiger partial charge in [-0.25, -0.2) is 4.85 Å². The molecule has 5 aromatic carbocycles. The van der Waals surface area contributed by atoms with Crippen LogP contribution in [-0.2, 0) is 14.3 Å². The number of carbonyl (C=O) groups is 2. The zero-order valence-corrected chi connectivity index (χ0v) is 28.4. The van der Waals surface area contributed by atoms with Crippen molar-refractivity contribution in [3.05, 3.63) is 196 Å². The van der Waals surface area contributed by atoms with Gasteiger partial charge in [-0.1, -0.05) is 97.1 Å². The minimum Gasteiger partial charge on any atom is -0.486 e. The molecule has 6 rings (SSSR count). The summed E-state index contributed by atoms with van der Waals surface area (Å²) in [6.07, 6.45) is 5.06. The van der Waals surface area contributed by atoms with Gasteiger partial charge in [-0.2, -0.15) is 5.26 Å². The predicted molar refractivity (Wildman–Crippen MR) is 207 cm³/mol. The molecule has 1 aromatic heterocycles. The van der Waals surface area contributed by atoms with Crippen LogP contribution >= 0.6 is 11.3 Å². The highest BCUT2D eigenvalue weighted by atomic mass is 32.1. The first-order valence-corrected chi connectivity index (χ1v) is 16.8. The summed E-state index contributed by atoms with van der Waals surface area (Å²) in [6.45, 7) is 7.36. The molecule has 0 spiro atoms. The Morgan fingerprint density at radius 3 is 1.71 bits per heavy atom. The maximum atomic E-state index is 11.3. The summed E-state index contributed by atoms with van der Waals surface area (Å²) < 4.78 is 4.75. The van der Waals surface area contributed by atoms with Gasteiger partial charge >= 0.3 is 5.97 Å². The molecule has 0 aliphatic carbocycles. The largest absolute Gasteiger partial charge is 0.486 e. The van der Waals surface area contributed by atoms with Crippen molar-refractivity contribution in [1.82, 2.24) is 0 Å². The number of ether oxygens (including phenoxy) is 1. The predicted octanol–water partition coefficient (Wildman–Crippen LogP) is 10.9. The van der Waals surface area contributed by atoms with E-state index in [4.69, 9.17) is 11.3 Å². The Kier molecular flexibility index (Phi) is 10.9. The lowest BCUT2D eigenvalue weighted by atomic mass is 9.95. The molecule has 52 heavy (non-hydrogen) atoms.